The van der Waals surface area contributed by atoms with Gasteiger partial charge < -0.3 is 19.7 Å². The van der Waals surface area contributed by atoms with Crippen LogP contribution in [0.1, 0.15) is 137 Å². The number of hydrogen-bond acceptors (Lipinski definition) is 6. The normalized spacial score (nSPS) is 10.8. The van der Waals surface area contributed by atoms with Crippen LogP contribution in [-0.4, -0.2) is 47.3 Å². The molecule has 36 heavy (non-hydrogen) atoms. The van der Waals surface area contributed by atoms with Gasteiger partial charge in [-0.15, -0.1) is 0 Å². The standard InChI is InChI=1S/2C14H26O4/c1-3-14(4-2,13(17)18)11-9-7-5-6-8-10-12(15)16;1-3-17-13(15)11-9-7-5-6-8-10-12-14(16)18-4-2/h3-11H2,1-2H3,(H,15,16)(H,17,18);3-12H2,1-2H3. The monoisotopic (exact) mass is 516 g/mol. The molecule has 0 amide bonds. The highest BCUT2D eigenvalue weighted by Gasteiger charge is 2.33. The predicted octanol–water partition coefficient (Wildman–Crippen LogP) is 6.93. The molecule has 8 nitrogen and oxygen atoms in total. The topological polar surface area (TPSA) is 127 Å². The van der Waals surface area contributed by atoms with Gasteiger partial charge >= 0.3 is 23.9 Å². The minimum atomic E-state index is -0.739. The molecule has 0 aromatic heterocycles. The summed E-state index contributed by atoms with van der Waals surface area (Å²) in [7, 11) is 0. The second kappa shape index (κ2) is 24.6. The van der Waals surface area contributed by atoms with Crippen molar-refractivity contribution in [3.63, 3.8) is 0 Å². The van der Waals surface area contributed by atoms with Crippen molar-refractivity contribution in [1.29, 1.82) is 0 Å². The lowest BCUT2D eigenvalue weighted by atomic mass is 9.78. The molecule has 0 aliphatic rings. The van der Waals surface area contributed by atoms with Crippen LogP contribution in [0.4, 0.5) is 0 Å². The van der Waals surface area contributed by atoms with Crippen LogP contribution >= 0.6 is 0 Å². The van der Waals surface area contributed by atoms with Gasteiger partial charge in [-0.2, -0.15) is 0 Å². The van der Waals surface area contributed by atoms with Gasteiger partial charge in [-0.05, 0) is 52.4 Å². The van der Waals surface area contributed by atoms with Crippen LogP contribution in [0.3, 0.4) is 0 Å². The molecule has 0 aromatic rings. The lowest BCUT2D eigenvalue weighted by Crippen LogP contribution is -2.29. The maximum Gasteiger partial charge on any atom is 0.309 e. The Morgan fingerprint density at radius 1 is 0.556 bits per heavy atom. The summed E-state index contributed by atoms with van der Waals surface area (Å²) in [5.41, 5.74) is -0.554. The number of carboxylic acid groups (broad SMARTS) is 2. The van der Waals surface area contributed by atoms with E-state index in [1.54, 1.807) is 0 Å². The van der Waals surface area contributed by atoms with Crippen LogP contribution in [0.5, 0.6) is 0 Å². The first-order valence-corrected chi connectivity index (χ1v) is 13.9. The van der Waals surface area contributed by atoms with E-state index in [1.807, 2.05) is 27.7 Å². The van der Waals surface area contributed by atoms with Crippen molar-refractivity contribution >= 4 is 23.9 Å². The molecule has 8 heteroatoms. The molecule has 0 unspecified atom stereocenters. The van der Waals surface area contributed by atoms with Crippen molar-refractivity contribution in [2.75, 3.05) is 13.2 Å². The minimum Gasteiger partial charge on any atom is -0.481 e. The smallest absolute Gasteiger partial charge is 0.309 e. The number of unbranched alkanes of at least 4 members (excludes halogenated alkanes) is 9. The summed E-state index contributed by atoms with van der Waals surface area (Å²) in [5, 5.41) is 17.7. The molecule has 0 rings (SSSR count). The zero-order chi connectivity index (χ0) is 27.7. The summed E-state index contributed by atoms with van der Waals surface area (Å²) < 4.78 is 9.69. The molecule has 0 heterocycles. The fraction of sp³-hybridized carbons (Fsp3) is 0.857. The van der Waals surface area contributed by atoms with Crippen LogP contribution in [0, 0.1) is 5.41 Å². The fourth-order valence-electron chi connectivity index (χ4n) is 3.99. The Balaban J connectivity index is 0. The molecule has 0 atom stereocenters. The Bertz CT molecular complexity index is 560. The van der Waals surface area contributed by atoms with Gasteiger partial charge in [-0.1, -0.05) is 65.2 Å². The Morgan fingerprint density at radius 2 is 0.917 bits per heavy atom. The number of carboxylic acids is 2. The van der Waals surface area contributed by atoms with Crippen LogP contribution in [0.25, 0.3) is 0 Å². The third-order valence-electron chi connectivity index (χ3n) is 6.48. The van der Waals surface area contributed by atoms with Gasteiger partial charge in [0.25, 0.3) is 0 Å². The average molecular weight is 517 g/mol. The molecule has 2 N–H and O–H groups in total. The first-order chi connectivity index (χ1) is 17.2. The van der Waals surface area contributed by atoms with Gasteiger partial charge in [0, 0.05) is 19.3 Å². The molecule has 0 radical (unpaired) electrons. The second-order valence-corrected chi connectivity index (χ2v) is 9.19. The van der Waals surface area contributed by atoms with Gasteiger partial charge in [0.2, 0.25) is 0 Å². The third-order valence-corrected chi connectivity index (χ3v) is 6.48. The molecule has 0 fully saturated rings. The maximum absolute atomic E-state index is 11.3. The first kappa shape index (κ1) is 36.0. The molecule has 0 aliphatic heterocycles. The van der Waals surface area contributed by atoms with Gasteiger partial charge in [-0.25, -0.2) is 0 Å². The predicted molar refractivity (Wildman–Crippen MR) is 141 cm³/mol. The number of hydrogen-bond donors (Lipinski definition) is 2. The van der Waals surface area contributed by atoms with Crippen molar-refractivity contribution in [2.45, 2.75) is 137 Å². The third kappa shape index (κ3) is 21.2. The van der Waals surface area contributed by atoms with Crippen LogP contribution in [-0.2, 0) is 28.7 Å². The van der Waals surface area contributed by atoms with Crippen LogP contribution < -0.4 is 0 Å². The molecular formula is C28H52O8. The number of aliphatic carboxylic acids is 2. The maximum atomic E-state index is 11.3. The molecule has 0 aromatic carbocycles. The Kier molecular flexibility index (Phi) is 24.6. The fourth-order valence-corrected chi connectivity index (χ4v) is 3.99. The van der Waals surface area contributed by atoms with E-state index >= 15 is 0 Å². The van der Waals surface area contributed by atoms with Crippen molar-refractivity contribution < 1.29 is 38.9 Å². The molecular weight excluding hydrogens is 464 g/mol. The van der Waals surface area contributed by atoms with Gasteiger partial charge in [0.1, 0.15) is 0 Å². The lowest BCUT2D eigenvalue weighted by Gasteiger charge is -2.26. The number of ether oxygens (including phenoxy) is 2. The Labute approximate surface area is 218 Å². The minimum absolute atomic E-state index is 0.0974. The summed E-state index contributed by atoms with van der Waals surface area (Å²) in [6.45, 7) is 8.44. The molecule has 0 aliphatic carbocycles. The highest BCUT2D eigenvalue weighted by atomic mass is 16.5. The Hall–Kier alpha value is -2.12. The van der Waals surface area contributed by atoms with E-state index < -0.39 is 17.4 Å². The SMILES string of the molecule is CCC(CC)(CCCCCCCC(=O)O)C(=O)O.CCOC(=O)CCCCCCCCC(=O)OCC. The quantitative estimate of drug-likeness (QED) is 0.117. The van der Waals surface area contributed by atoms with E-state index in [9.17, 15) is 24.3 Å². The van der Waals surface area contributed by atoms with Crippen LogP contribution in [0.15, 0.2) is 0 Å². The van der Waals surface area contributed by atoms with Crippen LogP contribution in [0.2, 0.25) is 0 Å². The summed E-state index contributed by atoms with van der Waals surface area (Å²) in [6.07, 6.45) is 14.1. The van der Waals surface area contributed by atoms with E-state index in [-0.39, 0.29) is 18.4 Å². The van der Waals surface area contributed by atoms with Crippen molar-refractivity contribution in [3.8, 4) is 0 Å². The molecule has 0 saturated heterocycles. The van der Waals surface area contributed by atoms with E-state index in [1.165, 1.54) is 0 Å². The first-order valence-electron chi connectivity index (χ1n) is 13.9. The Morgan fingerprint density at radius 3 is 1.25 bits per heavy atom. The zero-order valence-electron chi connectivity index (χ0n) is 23.3. The van der Waals surface area contributed by atoms with E-state index in [2.05, 4.69) is 0 Å². The number of carbonyl (C=O) groups is 4. The largest absolute Gasteiger partial charge is 0.481 e. The molecule has 212 valence electrons. The zero-order valence-corrected chi connectivity index (χ0v) is 23.3. The summed E-state index contributed by atoms with van der Waals surface area (Å²) in [6, 6.07) is 0. The van der Waals surface area contributed by atoms with E-state index in [0.29, 0.717) is 38.9 Å². The number of carbonyl (C=O) groups excluding carboxylic acids is 2. The van der Waals surface area contributed by atoms with Crippen molar-refractivity contribution in [3.05, 3.63) is 0 Å². The van der Waals surface area contributed by atoms with E-state index in [4.69, 9.17) is 14.6 Å². The lowest BCUT2D eigenvalue weighted by molar-refractivity contribution is -0.150. The van der Waals surface area contributed by atoms with Gasteiger partial charge in [-0.3, -0.25) is 19.2 Å². The summed E-state index contributed by atoms with van der Waals surface area (Å²) in [4.78, 5) is 43.6. The van der Waals surface area contributed by atoms with Gasteiger partial charge in [0.05, 0.1) is 18.6 Å². The molecule has 0 bridgehead atoms. The average Bonchev–Trinajstić information content (AvgIpc) is 2.83. The van der Waals surface area contributed by atoms with E-state index in [0.717, 1.165) is 77.0 Å². The summed E-state index contributed by atoms with van der Waals surface area (Å²) >= 11 is 0. The number of esters is 2. The highest BCUT2D eigenvalue weighted by molar-refractivity contribution is 5.74. The van der Waals surface area contributed by atoms with Crippen molar-refractivity contribution in [2.24, 2.45) is 5.41 Å². The van der Waals surface area contributed by atoms with Crippen molar-refractivity contribution in [1.82, 2.24) is 0 Å². The second-order valence-electron chi connectivity index (χ2n) is 9.19. The van der Waals surface area contributed by atoms with Gasteiger partial charge in [0.15, 0.2) is 0 Å². The molecule has 0 saturated carbocycles. The highest BCUT2D eigenvalue weighted by Crippen LogP contribution is 2.33. The molecule has 0 spiro atoms. The summed E-state index contributed by atoms with van der Waals surface area (Å²) in [5.74, 6) is -1.62. The number of rotatable bonds is 22.